The number of carbonyl (C=O) groups excluding carboxylic acids is 1. The maximum Gasteiger partial charge on any atom is 0.223 e. The summed E-state index contributed by atoms with van der Waals surface area (Å²) in [5, 5.41) is 20.2. The largest absolute Gasteiger partial charge is 0.394 e. The standard InChI is InChI=1S/C10H21NO3.C2H6/c1-7(10(2,3)4)9(14)11-5-8(13)6-12;1-2/h7-8,12-13H,5-6H2,1-4H3,(H,11,14);1-2H3/t7?,8-;/m0./s1. The molecule has 0 spiro atoms. The van der Waals surface area contributed by atoms with Crippen molar-refractivity contribution in [3.8, 4) is 0 Å². The molecule has 16 heavy (non-hydrogen) atoms. The van der Waals surface area contributed by atoms with Crippen molar-refractivity contribution in [3.63, 3.8) is 0 Å². The van der Waals surface area contributed by atoms with Gasteiger partial charge in [-0.15, -0.1) is 0 Å². The zero-order valence-electron chi connectivity index (χ0n) is 11.4. The van der Waals surface area contributed by atoms with Crippen molar-refractivity contribution in [1.29, 1.82) is 0 Å². The predicted molar refractivity (Wildman–Crippen MR) is 66.1 cm³/mol. The molecule has 0 aromatic heterocycles. The summed E-state index contributed by atoms with van der Waals surface area (Å²) in [5.41, 5.74) is -0.0890. The molecule has 1 amide bonds. The van der Waals surface area contributed by atoms with Crippen LogP contribution in [0, 0.1) is 11.3 Å². The van der Waals surface area contributed by atoms with Crippen molar-refractivity contribution in [2.45, 2.75) is 47.6 Å². The average molecular weight is 233 g/mol. The number of rotatable bonds is 4. The lowest BCUT2D eigenvalue weighted by molar-refractivity contribution is -0.128. The Hall–Kier alpha value is -0.610. The fraction of sp³-hybridized carbons (Fsp3) is 0.917. The van der Waals surface area contributed by atoms with Gasteiger partial charge in [0, 0.05) is 12.5 Å². The third kappa shape index (κ3) is 7.65. The molecule has 0 fully saturated rings. The Morgan fingerprint density at radius 2 is 1.75 bits per heavy atom. The minimum absolute atomic E-state index is 0.0890. The van der Waals surface area contributed by atoms with Crippen LogP contribution < -0.4 is 5.32 Å². The minimum Gasteiger partial charge on any atom is -0.394 e. The fourth-order valence-electron chi connectivity index (χ4n) is 0.829. The molecule has 0 aliphatic carbocycles. The van der Waals surface area contributed by atoms with Crippen LogP contribution in [0.4, 0.5) is 0 Å². The number of hydrogen-bond acceptors (Lipinski definition) is 3. The number of nitrogens with one attached hydrogen (secondary N) is 1. The molecule has 2 atom stereocenters. The lowest BCUT2D eigenvalue weighted by atomic mass is 9.81. The Balaban J connectivity index is 0. The van der Waals surface area contributed by atoms with Gasteiger partial charge in [0.2, 0.25) is 5.91 Å². The van der Waals surface area contributed by atoms with Gasteiger partial charge < -0.3 is 15.5 Å². The molecule has 1 unspecified atom stereocenters. The topological polar surface area (TPSA) is 69.6 Å². The van der Waals surface area contributed by atoms with E-state index in [1.54, 1.807) is 0 Å². The Bertz CT molecular complexity index is 187. The quantitative estimate of drug-likeness (QED) is 0.682. The van der Waals surface area contributed by atoms with E-state index < -0.39 is 6.10 Å². The molecule has 0 aliphatic heterocycles. The molecule has 3 N–H and O–H groups in total. The van der Waals surface area contributed by atoms with E-state index >= 15 is 0 Å². The number of amides is 1. The molecule has 0 aromatic carbocycles. The maximum absolute atomic E-state index is 11.5. The third-order valence-corrected chi connectivity index (χ3v) is 2.41. The molecule has 4 nitrogen and oxygen atoms in total. The zero-order valence-corrected chi connectivity index (χ0v) is 11.4. The van der Waals surface area contributed by atoms with Gasteiger partial charge >= 0.3 is 0 Å². The first-order valence-electron chi connectivity index (χ1n) is 5.85. The van der Waals surface area contributed by atoms with E-state index in [2.05, 4.69) is 5.32 Å². The fourth-order valence-corrected chi connectivity index (χ4v) is 0.829. The lowest BCUT2D eigenvalue weighted by Crippen LogP contribution is -2.40. The molecular formula is C12H27NO3. The molecular weight excluding hydrogens is 206 g/mol. The summed E-state index contributed by atoms with van der Waals surface area (Å²) in [6.07, 6.45) is -0.869. The van der Waals surface area contributed by atoms with Gasteiger partial charge in [-0.3, -0.25) is 4.79 Å². The second-order valence-electron chi connectivity index (χ2n) is 4.67. The van der Waals surface area contributed by atoms with Crippen LogP contribution in [0.1, 0.15) is 41.5 Å². The molecule has 0 saturated carbocycles. The van der Waals surface area contributed by atoms with Crippen molar-refractivity contribution in [2.24, 2.45) is 11.3 Å². The van der Waals surface area contributed by atoms with E-state index in [0.717, 1.165) is 0 Å². The molecule has 0 aromatic rings. The van der Waals surface area contributed by atoms with Crippen LogP contribution in [0.25, 0.3) is 0 Å². The van der Waals surface area contributed by atoms with Crippen LogP contribution in [0.5, 0.6) is 0 Å². The zero-order chi connectivity index (χ0) is 13.4. The van der Waals surface area contributed by atoms with Crippen molar-refractivity contribution in [1.82, 2.24) is 5.32 Å². The predicted octanol–water partition coefficient (Wildman–Crippen LogP) is 1.16. The summed E-state index contributed by atoms with van der Waals surface area (Å²) in [6.45, 7) is 11.6. The van der Waals surface area contributed by atoms with Crippen molar-refractivity contribution in [2.75, 3.05) is 13.2 Å². The molecule has 4 heteroatoms. The normalized spacial score (nSPS) is 14.5. The van der Waals surface area contributed by atoms with Crippen molar-refractivity contribution < 1.29 is 15.0 Å². The average Bonchev–Trinajstić information content (AvgIpc) is 2.25. The van der Waals surface area contributed by atoms with Crippen LogP contribution in [-0.4, -0.2) is 35.4 Å². The van der Waals surface area contributed by atoms with E-state index in [1.165, 1.54) is 0 Å². The van der Waals surface area contributed by atoms with Gasteiger partial charge in [0.25, 0.3) is 0 Å². The minimum atomic E-state index is -0.869. The Morgan fingerprint density at radius 3 is 2.06 bits per heavy atom. The van der Waals surface area contributed by atoms with Crippen LogP contribution in [0.2, 0.25) is 0 Å². The van der Waals surface area contributed by atoms with E-state index in [9.17, 15) is 4.79 Å². The molecule has 0 aliphatic rings. The number of aliphatic hydroxyl groups excluding tert-OH is 2. The smallest absolute Gasteiger partial charge is 0.223 e. The van der Waals surface area contributed by atoms with Crippen LogP contribution in [0.15, 0.2) is 0 Å². The van der Waals surface area contributed by atoms with E-state index in [1.807, 2.05) is 41.5 Å². The van der Waals surface area contributed by atoms with Gasteiger partial charge in [0.15, 0.2) is 0 Å². The molecule has 0 heterocycles. The number of aliphatic hydroxyl groups is 2. The molecule has 0 rings (SSSR count). The van der Waals surface area contributed by atoms with Gasteiger partial charge in [-0.1, -0.05) is 41.5 Å². The second-order valence-corrected chi connectivity index (χ2v) is 4.67. The van der Waals surface area contributed by atoms with Gasteiger partial charge in [-0.25, -0.2) is 0 Å². The van der Waals surface area contributed by atoms with E-state index in [0.29, 0.717) is 0 Å². The Morgan fingerprint density at radius 1 is 1.31 bits per heavy atom. The monoisotopic (exact) mass is 233 g/mol. The molecule has 0 radical (unpaired) electrons. The van der Waals surface area contributed by atoms with Gasteiger partial charge in [-0.2, -0.15) is 0 Å². The molecule has 98 valence electrons. The van der Waals surface area contributed by atoms with Crippen LogP contribution >= 0.6 is 0 Å². The highest BCUT2D eigenvalue weighted by Crippen LogP contribution is 2.25. The third-order valence-electron chi connectivity index (χ3n) is 2.41. The molecule has 0 bridgehead atoms. The van der Waals surface area contributed by atoms with Crippen molar-refractivity contribution in [3.05, 3.63) is 0 Å². The number of hydrogen-bond donors (Lipinski definition) is 3. The summed E-state index contributed by atoms with van der Waals surface area (Å²) in [6, 6.07) is 0. The van der Waals surface area contributed by atoms with Gasteiger partial charge in [0.05, 0.1) is 12.7 Å². The SMILES string of the molecule is CC.CC(C(=O)NC[C@H](O)CO)C(C)(C)C. The Kier molecular flexibility index (Phi) is 9.48. The summed E-state index contributed by atoms with van der Waals surface area (Å²) < 4.78 is 0. The summed E-state index contributed by atoms with van der Waals surface area (Å²) in [4.78, 5) is 11.5. The first kappa shape index (κ1) is 17.8. The van der Waals surface area contributed by atoms with Crippen LogP contribution in [0.3, 0.4) is 0 Å². The summed E-state index contributed by atoms with van der Waals surface area (Å²) in [5.74, 6) is -0.210. The summed E-state index contributed by atoms with van der Waals surface area (Å²) >= 11 is 0. The Labute approximate surface area is 99.1 Å². The van der Waals surface area contributed by atoms with Gasteiger partial charge in [-0.05, 0) is 5.41 Å². The second kappa shape index (κ2) is 8.53. The first-order chi connectivity index (χ1) is 7.29. The van der Waals surface area contributed by atoms with Crippen molar-refractivity contribution >= 4 is 5.91 Å². The van der Waals surface area contributed by atoms with Gasteiger partial charge in [0.1, 0.15) is 0 Å². The maximum atomic E-state index is 11.5. The lowest BCUT2D eigenvalue weighted by Gasteiger charge is -2.26. The highest BCUT2D eigenvalue weighted by molar-refractivity contribution is 5.78. The van der Waals surface area contributed by atoms with E-state index in [4.69, 9.17) is 10.2 Å². The highest BCUT2D eigenvalue weighted by atomic mass is 16.3. The summed E-state index contributed by atoms with van der Waals surface area (Å²) in [7, 11) is 0. The van der Waals surface area contributed by atoms with Crippen LogP contribution in [-0.2, 0) is 4.79 Å². The van der Waals surface area contributed by atoms with E-state index in [-0.39, 0.29) is 30.4 Å². The molecule has 0 saturated heterocycles. The number of carbonyl (C=O) groups is 1. The highest BCUT2D eigenvalue weighted by Gasteiger charge is 2.26. The first-order valence-corrected chi connectivity index (χ1v) is 5.85.